The van der Waals surface area contributed by atoms with Gasteiger partial charge < -0.3 is 10.2 Å². The molecule has 1 aromatic carbocycles. The van der Waals surface area contributed by atoms with E-state index in [1.165, 1.54) is 11.1 Å². The van der Waals surface area contributed by atoms with E-state index in [-0.39, 0.29) is 11.4 Å². The van der Waals surface area contributed by atoms with Gasteiger partial charge in [0.15, 0.2) is 0 Å². The van der Waals surface area contributed by atoms with Crippen molar-refractivity contribution in [3.63, 3.8) is 0 Å². The number of rotatable bonds is 2. The maximum absolute atomic E-state index is 12.5. The number of nitrogens with zero attached hydrogens (tertiary/aromatic N) is 1. The molecule has 104 valence electrons. The smallest absolute Gasteiger partial charge is 0.227 e. The number of hydrogen-bond donors (Lipinski definition) is 1. The Kier molecular flexibility index (Phi) is 3.95. The molecular weight excluding hydrogens is 236 g/mol. The summed E-state index contributed by atoms with van der Waals surface area (Å²) in [4.78, 5) is 14.5. The van der Waals surface area contributed by atoms with E-state index in [1.54, 1.807) is 0 Å². The van der Waals surface area contributed by atoms with Crippen LogP contribution >= 0.6 is 0 Å². The predicted molar refractivity (Wildman–Crippen MR) is 78.3 cm³/mol. The summed E-state index contributed by atoms with van der Waals surface area (Å²) in [6.07, 6.45) is 0.509. The second kappa shape index (κ2) is 5.33. The summed E-state index contributed by atoms with van der Waals surface area (Å²) in [5, 5.41) is 3.35. The molecule has 1 N–H and O–H groups in total. The molecule has 0 unspecified atom stereocenters. The van der Waals surface area contributed by atoms with E-state index in [0.29, 0.717) is 6.42 Å². The third-order valence-electron chi connectivity index (χ3n) is 3.94. The van der Waals surface area contributed by atoms with Gasteiger partial charge in [-0.1, -0.05) is 23.8 Å². The van der Waals surface area contributed by atoms with E-state index in [4.69, 9.17) is 0 Å². The van der Waals surface area contributed by atoms with E-state index in [1.807, 2.05) is 4.90 Å². The Hall–Kier alpha value is -1.35. The van der Waals surface area contributed by atoms with Crippen LogP contribution in [-0.2, 0) is 11.2 Å². The van der Waals surface area contributed by atoms with Crippen molar-refractivity contribution >= 4 is 5.91 Å². The fourth-order valence-electron chi connectivity index (χ4n) is 2.75. The lowest BCUT2D eigenvalue weighted by Gasteiger charge is -2.43. The third kappa shape index (κ3) is 3.16. The van der Waals surface area contributed by atoms with Gasteiger partial charge in [-0.05, 0) is 38.8 Å². The molecule has 1 fully saturated rings. The van der Waals surface area contributed by atoms with Gasteiger partial charge in [0.05, 0.1) is 6.42 Å². The molecule has 1 saturated heterocycles. The summed E-state index contributed by atoms with van der Waals surface area (Å²) in [5.74, 6) is 0.235. The van der Waals surface area contributed by atoms with Crippen molar-refractivity contribution in [1.29, 1.82) is 0 Å². The molecule has 0 aliphatic carbocycles. The minimum absolute atomic E-state index is 0.0894. The van der Waals surface area contributed by atoms with Crippen LogP contribution in [0.5, 0.6) is 0 Å². The molecule has 0 saturated carbocycles. The first kappa shape index (κ1) is 14.1. The van der Waals surface area contributed by atoms with E-state index < -0.39 is 0 Å². The highest BCUT2D eigenvalue weighted by atomic mass is 16.2. The van der Waals surface area contributed by atoms with Crippen LogP contribution < -0.4 is 5.32 Å². The van der Waals surface area contributed by atoms with E-state index in [0.717, 1.165) is 25.2 Å². The summed E-state index contributed by atoms with van der Waals surface area (Å²) in [5.41, 5.74) is 3.51. The molecule has 0 aromatic heterocycles. The number of hydrogen-bond acceptors (Lipinski definition) is 2. The number of nitrogens with one attached hydrogen (secondary N) is 1. The minimum Gasteiger partial charge on any atom is -0.335 e. The standard InChI is InChI=1S/C16H24N2O/c1-12-5-6-14(13(2)9-12)10-15(19)18-8-7-17-11-16(18,3)4/h5-6,9,17H,7-8,10-11H2,1-4H3. The molecule has 1 amide bonds. The second-order valence-corrected chi connectivity index (χ2v) is 6.14. The highest BCUT2D eigenvalue weighted by Crippen LogP contribution is 2.19. The molecular formula is C16H24N2O. The third-order valence-corrected chi connectivity index (χ3v) is 3.94. The average molecular weight is 260 g/mol. The van der Waals surface area contributed by atoms with Crippen molar-refractivity contribution in [2.75, 3.05) is 19.6 Å². The van der Waals surface area contributed by atoms with Crippen LogP contribution in [0, 0.1) is 13.8 Å². The molecule has 3 nitrogen and oxygen atoms in total. The molecule has 0 bridgehead atoms. The summed E-state index contributed by atoms with van der Waals surface area (Å²) in [7, 11) is 0. The van der Waals surface area contributed by atoms with Gasteiger partial charge in [0.1, 0.15) is 0 Å². The lowest BCUT2D eigenvalue weighted by molar-refractivity contribution is -0.136. The van der Waals surface area contributed by atoms with Gasteiger partial charge in [-0.25, -0.2) is 0 Å². The highest BCUT2D eigenvalue weighted by Gasteiger charge is 2.32. The Morgan fingerprint density at radius 3 is 2.74 bits per heavy atom. The highest BCUT2D eigenvalue weighted by molar-refractivity contribution is 5.80. The molecule has 2 rings (SSSR count). The van der Waals surface area contributed by atoms with E-state index in [2.05, 4.69) is 51.2 Å². The first-order chi connectivity index (χ1) is 8.90. The molecule has 19 heavy (non-hydrogen) atoms. The zero-order valence-electron chi connectivity index (χ0n) is 12.4. The van der Waals surface area contributed by atoms with Gasteiger partial charge >= 0.3 is 0 Å². The summed E-state index contributed by atoms with van der Waals surface area (Å²) in [6.45, 7) is 11.0. The summed E-state index contributed by atoms with van der Waals surface area (Å²) >= 11 is 0. The lowest BCUT2D eigenvalue weighted by atomic mass is 9.97. The van der Waals surface area contributed by atoms with E-state index >= 15 is 0 Å². The molecule has 0 atom stereocenters. The molecule has 1 heterocycles. The molecule has 0 spiro atoms. The number of carbonyl (C=O) groups is 1. The van der Waals surface area contributed by atoms with Gasteiger partial charge in [-0.3, -0.25) is 4.79 Å². The maximum Gasteiger partial charge on any atom is 0.227 e. The number of aryl methyl sites for hydroxylation is 2. The Labute approximate surface area is 116 Å². The predicted octanol–water partition coefficient (Wildman–Crippen LogP) is 2.06. The minimum atomic E-state index is -0.0894. The number of piperazine rings is 1. The fraction of sp³-hybridized carbons (Fsp3) is 0.562. The van der Waals surface area contributed by atoms with Crippen LogP contribution in [0.25, 0.3) is 0 Å². The second-order valence-electron chi connectivity index (χ2n) is 6.14. The summed E-state index contributed by atoms with van der Waals surface area (Å²) in [6, 6.07) is 6.31. The Bertz CT molecular complexity index is 480. The van der Waals surface area contributed by atoms with Crippen molar-refractivity contribution < 1.29 is 4.79 Å². The Morgan fingerprint density at radius 2 is 2.11 bits per heavy atom. The van der Waals surface area contributed by atoms with Crippen LogP contribution in [0.4, 0.5) is 0 Å². The normalized spacial score (nSPS) is 18.4. The van der Waals surface area contributed by atoms with Gasteiger partial charge in [0.25, 0.3) is 0 Å². The number of carbonyl (C=O) groups excluding carboxylic acids is 1. The Balaban J connectivity index is 2.12. The number of benzene rings is 1. The van der Waals surface area contributed by atoms with Gasteiger partial charge in [-0.2, -0.15) is 0 Å². The van der Waals surface area contributed by atoms with Crippen LogP contribution in [0.15, 0.2) is 18.2 Å². The first-order valence-corrected chi connectivity index (χ1v) is 6.97. The van der Waals surface area contributed by atoms with Crippen molar-refractivity contribution in [2.45, 2.75) is 39.7 Å². The SMILES string of the molecule is Cc1ccc(CC(=O)N2CCNCC2(C)C)c(C)c1. The zero-order chi connectivity index (χ0) is 14.0. The van der Waals surface area contributed by atoms with Gasteiger partial charge in [0, 0.05) is 25.2 Å². The topological polar surface area (TPSA) is 32.3 Å². The maximum atomic E-state index is 12.5. The number of amides is 1. The van der Waals surface area contributed by atoms with Crippen molar-refractivity contribution in [3.8, 4) is 0 Å². The van der Waals surface area contributed by atoms with Gasteiger partial charge in [0.2, 0.25) is 5.91 Å². The quantitative estimate of drug-likeness (QED) is 0.882. The molecule has 1 aromatic rings. The first-order valence-electron chi connectivity index (χ1n) is 6.97. The molecule has 3 heteroatoms. The van der Waals surface area contributed by atoms with Crippen LogP contribution in [-0.4, -0.2) is 36.0 Å². The largest absolute Gasteiger partial charge is 0.335 e. The lowest BCUT2D eigenvalue weighted by Crippen LogP contribution is -2.60. The molecule has 1 aliphatic heterocycles. The van der Waals surface area contributed by atoms with Crippen molar-refractivity contribution in [2.24, 2.45) is 0 Å². The van der Waals surface area contributed by atoms with Gasteiger partial charge in [-0.15, -0.1) is 0 Å². The van der Waals surface area contributed by atoms with Crippen molar-refractivity contribution in [3.05, 3.63) is 34.9 Å². The monoisotopic (exact) mass is 260 g/mol. The Morgan fingerprint density at radius 1 is 1.37 bits per heavy atom. The van der Waals surface area contributed by atoms with Crippen LogP contribution in [0.3, 0.4) is 0 Å². The fourth-order valence-corrected chi connectivity index (χ4v) is 2.75. The molecule has 1 aliphatic rings. The summed E-state index contributed by atoms with van der Waals surface area (Å²) < 4.78 is 0. The molecule has 0 radical (unpaired) electrons. The van der Waals surface area contributed by atoms with Crippen LogP contribution in [0.2, 0.25) is 0 Å². The van der Waals surface area contributed by atoms with Crippen molar-refractivity contribution in [1.82, 2.24) is 10.2 Å². The average Bonchev–Trinajstić information content (AvgIpc) is 2.32. The zero-order valence-corrected chi connectivity index (χ0v) is 12.4. The van der Waals surface area contributed by atoms with Crippen LogP contribution in [0.1, 0.15) is 30.5 Å². The van der Waals surface area contributed by atoms with E-state index in [9.17, 15) is 4.79 Å².